The number of amides is 3. The normalized spacial score (nSPS) is 13.4. The number of anilines is 1. The third-order valence-electron chi connectivity index (χ3n) is 4.56. The first kappa shape index (κ1) is 25.8. The zero-order valence-electron chi connectivity index (χ0n) is 18.5. The molecule has 0 aliphatic rings. The second-order valence-electron chi connectivity index (χ2n) is 7.13. The minimum atomic E-state index is -0.790. The standard InChI is InChI=1S/C24H33N3O4/c1-5-7-10-19(6-2)23(30)20-12-14-21(15-13-20)27-24(31)22(26-18(4)29)11-8-9-16-25-17(3)28/h5-7,10,12-15,22-23,30H,1,8-9,11,16H2,2-4H3,(H,25,28)(H,26,29)(H,27,31)/b10-7-,19-6+. The zero-order chi connectivity index (χ0) is 23.2. The molecule has 7 nitrogen and oxygen atoms in total. The van der Waals surface area contributed by atoms with Gasteiger partial charge in [-0.25, -0.2) is 0 Å². The van der Waals surface area contributed by atoms with Crippen LogP contribution in [0.25, 0.3) is 0 Å². The fraction of sp³-hybridized carbons (Fsp3) is 0.375. The van der Waals surface area contributed by atoms with Crippen LogP contribution in [0.4, 0.5) is 5.69 Å². The molecule has 4 N–H and O–H groups in total. The average molecular weight is 428 g/mol. The molecule has 1 aromatic rings. The SMILES string of the molecule is C=C/C=C\C(=C/C)C(O)c1ccc(NC(=O)C(CCCCNC(C)=O)NC(C)=O)cc1. The van der Waals surface area contributed by atoms with Crippen molar-refractivity contribution in [2.45, 2.75) is 52.2 Å². The summed E-state index contributed by atoms with van der Waals surface area (Å²) < 4.78 is 0. The molecule has 0 aliphatic heterocycles. The largest absolute Gasteiger partial charge is 0.384 e. The number of hydrogen-bond acceptors (Lipinski definition) is 4. The van der Waals surface area contributed by atoms with Crippen molar-refractivity contribution in [3.05, 3.63) is 66.3 Å². The van der Waals surface area contributed by atoms with Gasteiger partial charge in [-0.15, -0.1) is 0 Å². The molecule has 0 fully saturated rings. The Balaban J connectivity index is 2.73. The highest BCUT2D eigenvalue weighted by molar-refractivity contribution is 5.96. The van der Waals surface area contributed by atoms with Crippen LogP contribution in [0.5, 0.6) is 0 Å². The third-order valence-corrected chi connectivity index (χ3v) is 4.56. The number of aliphatic hydroxyl groups is 1. The van der Waals surface area contributed by atoms with E-state index in [-0.39, 0.29) is 17.7 Å². The topological polar surface area (TPSA) is 108 Å². The lowest BCUT2D eigenvalue weighted by molar-refractivity contribution is -0.125. The maximum atomic E-state index is 12.6. The highest BCUT2D eigenvalue weighted by atomic mass is 16.3. The summed E-state index contributed by atoms with van der Waals surface area (Å²) in [6.45, 7) is 8.83. The van der Waals surface area contributed by atoms with E-state index in [0.717, 1.165) is 5.57 Å². The molecule has 3 amide bonds. The van der Waals surface area contributed by atoms with Gasteiger partial charge in [0.15, 0.2) is 0 Å². The van der Waals surface area contributed by atoms with Gasteiger partial charge in [-0.1, -0.05) is 43.0 Å². The summed E-state index contributed by atoms with van der Waals surface area (Å²) in [4.78, 5) is 35.0. The summed E-state index contributed by atoms with van der Waals surface area (Å²) in [6.07, 6.45) is 8.06. The smallest absolute Gasteiger partial charge is 0.246 e. The molecule has 1 aromatic carbocycles. The van der Waals surface area contributed by atoms with Crippen molar-refractivity contribution in [2.24, 2.45) is 0 Å². The van der Waals surface area contributed by atoms with Crippen molar-refractivity contribution in [1.29, 1.82) is 0 Å². The summed E-state index contributed by atoms with van der Waals surface area (Å²) in [5.41, 5.74) is 2.00. The van der Waals surface area contributed by atoms with Gasteiger partial charge >= 0.3 is 0 Å². The van der Waals surface area contributed by atoms with Crippen LogP contribution in [-0.4, -0.2) is 35.4 Å². The Bertz CT molecular complexity index is 813. The van der Waals surface area contributed by atoms with Crippen molar-refractivity contribution >= 4 is 23.4 Å². The van der Waals surface area contributed by atoms with Crippen LogP contribution >= 0.6 is 0 Å². The van der Waals surface area contributed by atoms with Gasteiger partial charge in [0.05, 0.1) is 0 Å². The summed E-state index contributed by atoms with van der Waals surface area (Å²) in [5.74, 6) is -0.693. The van der Waals surface area contributed by atoms with E-state index in [0.29, 0.717) is 37.1 Å². The molecule has 0 aromatic heterocycles. The maximum absolute atomic E-state index is 12.6. The van der Waals surface area contributed by atoms with Crippen molar-refractivity contribution < 1.29 is 19.5 Å². The highest BCUT2D eigenvalue weighted by Crippen LogP contribution is 2.24. The number of allylic oxidation sites excluding steroid dienone is 3. The number of benzene rings is 1. The Kier molecular flexibility index (Phi) is 11.6. The fourth-order valence-electron chi connectivity index (χ4n) is 2.95. The minimum absolute atomic E-state index is 0.0944. The second kappa shape index (κ2) is 13.9. The van der Waals surface area contributed by atoms with E-state index >= 15 is 0 Å². The minimum Gasteiger partial charge on any atom is -0.384 e. The van der Waals surface area contributed by atoms with Crippen molar-refractivity contribution in [3.63, 3.8) is 0 Å². The molecule has 168 valence electrons. The lowest BCUT2D eigenvalue weighted by atomic mass is 10.0. The zero-order valence-corrected chi connectivity index (χ0v) is 18.5. The van der Waals surface area contributed by atoms with E-state index in [1.165, 1.54) is 13.8 Å². The number of carbonyl (C=O) groups is 3. The Labute approximate surface area is 184 Å². The Morgan fingerprint density at radius 3 is 2.32 bits per heavy atom. The molecular weight excluding hydrogens is 394 g/mol. The van der Waals surface area contributed by atoms with Crippen molar-refractivity contribution in [1.82, 2.24) is 10.6 Å². The summed E-state index contributed by atoms with van der Waals surface area (Å²) in [6, 6.07) is 6.24. The van der Waals surface area contributed by atoms with Crippen LogP contribution in [0.3, 0.4) is 0 Å². The van der Waals surface area contributed by atoms with Crippen molar-refractivity contribution in [2.75, 3.05) is 11.9 Å². The van der Waals surface area contributed by atoms with E-state index < -0.39 is 12.1 Å². The second-order valence-corrected chi connectivity index (χ2v) is 7.13. The predicted octanol–water partition coefficient (Wildman–Crippen LogP) is 3.16. The van der Waals surface area contributed by atoms with Gasteiger partial charge < -0.3 is 21.1 Å². The molecule has 0 heterocycles. The first-order valence-corrected chi connectivity index (χ1v) is 10.3. The average Bonchev–Trinajstić information content (AvgIpc) is 2.73. The van der Waals surface area contributed by atoms with Crippen LogP contribution in [0, 0.1) is 0 Å². The van der Waals surface area contributed by atoms with E-state index in [4.69, 9.17) is 0 Å². The first-order chi connectivity index (χ1) is 14.8. The highest BCUT2D eigenvalue weighted by Gasteiger charge is 2.19. The number of carbonyl (C=O) groups excluding carboxylic acids is 3. The Hall–Kier alpha value is -3.19. The molecule has 0 bridgehead atoms. The van der Waals surface area contributed by atoms with Crippen LogP contribution < -0.4 is 16.0 Å². The number of hydrogen-bond donors (Lipinski definition) is 4. The monoisotopic (exact) mass is 427 g/mol. The third kappa shape index (κ3) is 9.91. The molecule has 2 atom stereocenters. The van der Waals surface area contributed by atoms with Crippen LogP contribution in [0.1, 0.15) is 51.7 Å². The summed E-state index contributed by atoms with van der Waals surface area (Å²) >= 11 is 0. The molecule has 2 unspecified atom stereocenters. The first-order valence-electron chi connectivity index (χ1n) is 10.3. The lowest BCUT2D eigenvalue weighted by Gasteiger charge is -2.18. The van der Waals surface area contributed by atoms with Gasteiger partial charge in [0, 0.05) is 26.1 Å². The van der Waals surface area contributed by atoms with Crippen LogP contribution in [0.15, 0.2) is 60.7 Å². The van der Waals surface area contributed by atoms with E-state index in [1.54, 1.807) is 42.5 Å². The molecule has 0 radical (unpaired) electrons. The van der Waals surface area contributed by atoms with Crippen molar-refractivity contribution in [3.8, 4) is 0 Å². The Morgan fingerprint density at radius 1 is 1.10 bits per heavy atom. The van der Waals surface area contributed by atoms with Gasteiger partial charge in [0.25, 0.3) is 0 Å². The lowest BCUT2D eigenvalue weighted by Crippen LogP contribution is -2.42. The molecule has 7 heteroatoms. The van der Waals surface area contributed by atoms with Crippen LogP contribution in [0.2, 0.25) is 0 Å². The van der Waals surface area contributed by atoms with Gasteiger partial charge in [0.2, 0.25) is 17.7 Å². The predicted molar refractivity (Wildman–Crippen MR) is 123 cm³/mol. The molecule has 0 aliphatic carbocycles. The summed E-state index contributed by atoms with van der Waals surface area (Å²) in [7, 11) is 0. The number of aliphatic hydroxyl groups excluding tert-OH is 1. The fourth-order valence-corrected chi connectivity index (χ4v) is 2.95. The van der Waals surface area contributed by atoms with Gasteiger partial charge in [-0.3, -0.25) is 14.4 Å². The molecule has 0 saturated heterocycles. The molecule has 0 spiro atoms. The van der Waals surface area contributed by atoms with Gasteiger partial charge in [-0.2, -0.15) is 0 Å². The quantitative estimate of drug-likeness (QED) is 0.304. The Morgan fingerprint density at radius 2 is 1.77 bits per heavy atom. The van der Waals surface area contributed by atoms with Gasteiger partial charge in [-0.05, 0) is 49.5 Å². The molecule has 1 rings (SSSR count). The molecule has 0 saturated carbocycles. The van der Waals surface area contributed by atoms with E-state index in [1.807, 2.05) is 13.0 Å². The van der Waals surface area contributed by atoms with E-state index in [2.05, 4.69) is 22.5 Å². The van der Waals surface area contributed by atoms with Gasteiger partial charge in [0.1, 0.15) is 12.1 Å². The van der Waals surface area contributed by atoms with Crippen LogP contribution in [-0.2, 0) is 14.4 Å². The number of nitrogens with one attached hydrogen (secondary N) is 3. The number of unbranched alkanes of at least 4 members (excludes halogenated alkanes) is 1. The summed E-state index contributed by atoms with van der Waals surface area (Å²) in [5, 5.41) is 18.7. The van der Waals surface area contributed by atoms with E-state index in [9.17, 15) is 19.5 Å². The maximum Gasteiger partial charge on any atom is 0.246 e. The molecular formula is C24H33N3O4. The molecule has 31 heavy (non-hydrogen) atoms. The number of rotatable bonds is 12.